The molecule has 2 atom stereocenters. The zero-order chi connectivity index (χ0) is 20.3. The number of hydrogen-bond acceptors (Lipinski definition) is 5. The van der Waals surface area contributed by atoms with Gasteiger partial charge in [-0.2, -0.15) is 0 Å². The molecule has 1 fully saturated rings. The third kappa shape index (κ3) is 4.92. The molecule has 1 N–H and O–H groups in total. The molecule has 0 aromatic heterocycles. The highest BCUT2D eigenvalue weighted by Gasteiger charge is 2.35. The molecule has 1 saturated heterocycles. The van der Waals surface area contributed by atoms with Gasteiger partial charge in [0, 0.05) is 33.0 Å². The van der Waals surface area contributed by atoms with Gasteiger partial charge >= 0.3 is 0 Å². The summed E-state index contributed by atoms with van der Waals surface area (Å²) in [5, 5.41) is 3.16. The Morgan fingerprint density at radius 1 is 1.36 bits per heavy atom. The van der Waals surface area contributed by atoms with Crippen LogP contribution in [0, 0.1) is 0 Å². The second-order valence-corrected chi connectivity index (χ2v) is 8.58. The van der Waals surface area contributed by atoms with E-state index >= 15 is 0 Å². The minimum Gasteiger partial charge on any atom is -0.486 e. The van der Waals surface area contributed by atoms with Gasteiger partial charge in [0.15, 0.2) is 0 Å². The second kappa shape index (κ2) is 8.62. The monoisotopic (exact) mass is 388 g/mol. The average molecular weight is 389 g/mol. The standard InChI is InChI=1S/C22H32N2O4/c1-15(25)7-6-11-24-12-10-18(19(14-24)27-4)23-21(26)17-9-5-8-16-13-22(2,3)28-20(16)17/h5,8-9,18-19H,6-7,10-14H2,1-4H3,(H,23,26). The molecule has 2 aliphatic rings. The summed E-state index contributed by atoms with van der Waals surface area (Å²) in [6.07, 6.45) is 3.05. The minimum absolute atomic E-state index is 0.0353. The molecule has 1 aromatic rings. The second-order valence-electron chi connectivity index (χ2n) is 8.58. The molecule has 1 amide bonds. The van der Waals surface area contributed by atoms with Crippen LogP contribution in [0.2, 0.25) is 0 Å². The van der Waals surface area contributed by atoms with E-state index in [9.17, 15) is 9.59 Å². The van der Waals surface area contributed by atoms with Crippen LogP contribution in [-0.4, -0.2) is 61.1 Å². The van der Waals surface area contributed by atoms with Gasteiger partial charge in [0.1, 0.15) is 17.1 Å². The number of methoxy groups -OCH3 is 1. The van der Waals surface area contributed by atoms with Crippen LogP contribution >= 0.6 is 0 Å². The van der Waals surface area contributed by atoms with Crippen LogP contribution in [0.25, 0.3) is 0 Å². The molecule has 2 aliphatic heterocycles. The molecule has 3 rings (SSSR count). The molecule has 1 aromatic carbocycles. The first-order valence-electron chi connectivity index (χ1n) is 10.2. The number of piperidine rings is 1. The quantitative estimate of drug-likeness (QED) is 0.778. The Morgan fingerprint density at radius 2 is 2.14 bits per heavy atom. The van der Waals surface area contributed by atoms with Gasteiger partial charge in [0.05, 0.1) is 17.7 Å². The van der Waals surface area contributed by atoms with Gasteiger partial charge in [-0.05, 0) is 51.8 Å². The van der Waals surface area contributed by atoms with E-state index in [0.29, 0.717) is 17.7 Å². The lowest BCUT2D eigenvalue weighted by molar-refractivity contribution is -0.117. The van der Waals surface area contributed by atoms with Crippen molar-refractivity contribution in [2.75, 3.05) is 26.7 Å². The fourth-order valence-electron chi connectivity index (χ4n) is 4.18. The van der Waals surface area contributed by atoms with E-state index in [4.69, 9.17) is 9.47 Å². The predicted molar refractivity (Wildman–Crippen MR) is 108 cm³/mol. The van der Waals surface area contributed by atoms with Crippen molar-refractivity contribution in [1.29, 1.82) is 0 Å². The number of nitrogens with one attached hydrogen (secondary N) is 1. The number of rotatable bonds is 7. The SMILES string of the molecule is COC1CN(CCCC(C)=O)CCC1NC(=O)c1cccc2c1OC(C)(C)C2. The lowest BCUT2D eigenvalue weighted by atomic mass is 9.99. The average Bonchev–Trinajstić information content (AvgIpc) is 2.96. The van der Waals surface area contributed by atoms with E-state index in [1.807, 2.05) is 32.0 Å². The van der Waals surface area contributed by atoms with Gasteiger partial charge in [-0.15, -0.1) is 0 Å². The zero-order valence-electron chi connectivity index (χ0n) is 17.4. The molecular formula is C22H32N2O4. The summed E-state index contributed by atoms with van der Waals surface area (Å²) in [5.41, 5.74) is 1.40. The highest BCUT2D eigenvalue weighted by atomic mass is 16.5. The van der Waals surface area contributed by atoms with Gasteiger partial charge in [-0.25, -0.2) is 0 Å². The number of fused-ring (bicyclic) bond motifs is 1. The van der Waals surface area contributed by atoms with Crippen LogP contribution < -0.4 is 10.1 Å². The molecule has 28 heavy (non-hydrogen) atoms. The zero-order valence-corrected chi connectivity index (χ0v) is 17.4. The topological polar surface area (TPSA) is 67.9 Å². The maximum absolute atomic E-state index is 13.0. The van der Waals surface area contributed by atoms with Crippen LogP contribution in [-0.2, 0) is 16.0 Å². The first-order valence-corrected chi connectivity index (χ1v) is 10.2. The lowest BCUT2D eigenvalue weighted by Gasteiger charge is -2.38. The molecule has 0 spiro atoms. The van der Waals surface area contributed by atoms with Crippen molar-refractivity contribution in [2.45, 2.75) is 64.2 Å². The molecule has 2 heterocycles. The first kappa shape index (κ1) is 20.8. The lowest BCUT2D eigenvalue weighted by Crippen LogP contribution is -2.54. The van der Waals surface area contributed by atoms with Crippen LogP contribution in [0.1, 0.15) is 56.0 Å². The maximum Gasteiger partial charge on any atom is 0.255 e. The van der Waals surface area contributed by atoms with Crippen LogP contribution in [0.15, 0.2) is 18.2 Å². The normalized spacial score (nSPS) is 23.7. The summed E-state index contributed by atoms with van der Waals surface area (Å²) in [7, 11) is 1.69. The Hall–Kier alpha value is -1.92. The van der Waals surface area contributed by atoms with Crippen molar-refractivity contribution in [2.24, 2.45) is 0 Å². The number of Topliss-reactive ketones (excluding diaryl/α,β-unsaturated/α-hetero) is 1. The van der Waals surface area contributed by atoms with Crippen molar-refractivity contribution in [1.82, 2.24) is 10.2 Å². The number of ether oxygens (including phenoxy) is 2. The van der Waals surface area contributed by atoms with Gasteiger partial charge in [-0.1, -0.05) is 12.1 Å². The Kier molecular flexibility index (Phi) is 6.40. The summed E-state index contributed by atoms with van der Waals surface area (Å²) < 4.78 is 11.7. The number of para-hydroxylation sites is 1. The molecule has 6 nitrogen and oxygen atoms in total. The van der Waals surface area contributed by atoms with Crippen molar-refractivity contribution in [3.63, 3.8) is 0 Å². The summed E-state index contributed by atoms with van der Waals surface area (Å²) in [6, 6.07) is 5.74. The van der Waals surface area contributed by atoms with Crippen LogP contribution in [0.5, 0.6) is 5.75 Å². The van der Waals surface area contributed by atoms with Crippen LogP contribution in [0.3, 0.4) is 0 Å². The van der Waals surface area contributed by atoms with Gasteiger partial charge in [-0.3, -0.25) is 4.79 Å². The third-order valence-electron chi connectivity index (χ3n) is 5.60. The first-order chi connectivity index (χ1) is 13.3. The molecule has 0 saturated carbocycles. The Morgan fingerprint density at radius 3 is 2.86 bits per heavy atom. The number of amides is 1. The molecule has 0 bridgehead atoms. The van der Waals surface area contributed by atoms with E-state index in [-0.39, 0.29) is 29.4 Å². The number of benzene rings is 1. The maximum atomic E-state index is 13.0. The largest absolute Gasteiger partial charge is 0.486 e. The van der Waals surface area contributed by atoms with Crippen molar-refractivity contribution < 1.29 is 19.1 Å². The summed E-state index contributed by atoms with van der Waals surface area (Å²) in [4.78, 5) is 26.4. The number of ketones is 1. The molecule has 0 aliphatic carbocycles. The van der Waals surface area contributed by atoms with Crippen LogP contribution in [0.4, 0.5) is 0 Å². The van der Waals surface area contributed by atoms with Crippen molar-refractivity contribution >= 4 is 11.7 Å². The molecular weight excluding hydrogens is 356 g/mol. The van der Waals surface area contributed by atoms with Crippen molar-refractivity contribution in [3.8, 4) is 5.75 Å². The number of carbonyl (C=O) groups excluding carboxylic acids is 2. The molecule has 6 heteroatoms. The van der Waals surface area contributed by atoms with E-state index in [2.05, 4.69) is 10.2 Å². The van der Waals surface area contributed by atoms with E-state index in [1.165, 1.54) is 0 Å². The fourth-order valence-corrected chi connectivity index (χ4v) is 4.18. The molecule has 0 radical (unpaired) electrons. The fraction of sp³-hybridized carbons (Fsp3) is 0.636. The highest BCUT2D eigenvalue weighted by Crippen LogP contribution is 2.37. The van der Waals surface area contributed by atoms with Gasteiger partial charge in [0.2, 0.25) is 0 Å². The Labute approximate surface area is 167 Å². The summed E-state index contributed by atoms with van der Waals surface area (Å²) in [6.45, 7) is 8.24. The highest BCUT2D eigenvalue weighted by molar-refractivity contribution is 5.97. The van der Waals surface area contributed by atoms with Gasteiger partial charge in [0.25, 0.3) is 5.91 Å². The number of nitrogens with zero attached hydrogens (tertiary/aromatic N) is 1. The summed E-state index contributed by atoms with van der Waals surface area (Å²) in [5.74, 6) is 0.832. The van der Waals surface area contributed by atoms with Crippen molar-refractivity contribution in [3.05, 3.63) is 29.3 Å². The van der Waals surface area contributed by atoms with E-state index in [0.717, 1.165) is 44.5 Å². The summed E-state index contributed by atoms with van der Waals surface area (Å²) >= 11 is 0. The minimum atomic E-state index is -0.279. The third-order valence-corrected chi connectivity index (χ3v) is 5.60. The predicted octanol–water partition coefficient (Wildman–Crippen LogP) is 2.59. The number of carbonyl (C=O) groups is 2. The number of hydrogen-bond donors (Lipinski definition) is 1. The molecule has 154 valence electrons. The Balaban J connectivity index is 1.61. The van der Waals surface area contributed by atoms with Gasteiger partial charge < -0.3 is 24.5 Å². The number of likely N-dealkylation sites (tertiary alicyclic amines) is 1. The molecule has 2 unspecified atom stereocenters. The Bertz CT molecular complexity index is 731. The van der Waals surface area contributed by atoms with E-state index < -0.39 is 0 Å². The van der Waals surface area contributed by atoms with E-state index in [1.54, 1.807) is 14.0 Å². The smallest absolute Gasteiger partial charge is 0.255 e.